The lowest BCUT2D eigenvalue weighted by molar-refractivity contribution is 0.180. The number of sulfonamides is 1. The van der Waals surface area contributed by atoms with E-state index in [-0.39, 0.29) is 16.9 Å². The van der Waals surface area contributed by atoms with Gasteiger partial charge in [-0.3, -0.25) is 0 Å². The molecule has 1 heterocycles. The van der Waals surface area contributed by atoms with Crippen LogP contribution < -0.4 is 15.2 Å². The number of hydrogen-bond acceptors (Lipinski definition) is 5. The highest BCUT2D eigenvalue weighted by molar-refractivity contribution is 7.89. The Hall–Kier alpha value is -1.31. The van der Waals surface area contributed by atoms with E-state index in [1.54, 1.807) is 6.07 Å². The quantitative estimate of drug-likeness (QED) is 0.791. The second-order valence-corrected chi connectivity index (χ2v) is 6.65. The molecule has 2 rings (SSSR count). The first-order valence-corrected chi connectivity index (χ1v) is 7.96. The van der Waals surface area contributed by atoms with E-state index >= 15 is 0 Å². The normalized spacial score (nSPS) is 20.8. The van der Waals surface area contributed by atoms with Crippen LogP contribution >= 0.6 is 0 Å². The van der Waals surface area contributed by atoms with Gasteiger partial charge in [0.15, 0.2) is 0 Å². The molecule has 0 amide bonds. The van der Waals surface area contributed by atoms with E-state index in [0.29, 0.717) is 24.7 Å². The molecule has 0 bridgehead atoms. The maximum absolute atomic E-state index is 12.3. The van der Waals surface area contributed by atoms with E-state index in [0.717, 1.165) is 6.42 Å². The average molecular weight is 300 g/mol. The molecule has 0 spiro atoms. The van der Waals surface area contributed by atoms with E-state index in [2.05, 4.69) is 4.72 Å². The van der Waals surface area contributed by atoms with Crippen LogP contribution in [0.1, 0.15) is 13.3 Å². The van der Waals surface area contributed by atoms with Crippen molar-refractivity contribution in [3.8, 4) is 5.75 Å². The fraction of sp³-hybridized carbons (Fsp3) is 0.538. The summed E-state index contributed by atoms with van der Waals surface area (Å²) in [5, 5.41) is 0. The molecule has 2 atom stereocenters. The zero-order valence-electron chi connectivity index (χ0n) is 11.6. The molecule has 1 saturated heterocycles. The third-order valence-corrected chi connectivity index (χ3v) is 5.08. The summed E-state index contributed by atoms with van der Waals surface area (Å²) in [5.41, 5.74) is 6.04. The van der Waals surface area contributed by atoms with Gasteiger partial charge >= 0.3 is 0 Å². The Bertz CT molecular complexity index is 568. The van der Waals surface area contributed by atoms with Gasteiger partial charge in [0.25, 0.3) is 0 Å². The second kappa shape index (κ2) is 5.99. The van der Waals surface area contributed by atoms with Gasteiger partial charge in [-0.05, 0) is 31.5 Å². The van der Waals surface area contributed by atoms with Gasteiger partial charge in [0.1, 0.15) is 5.75 Å². The molecule has 1 fully saturated rings. The van der Waals surface area contributed by atoms with Gasteiger partial charge in [-0.2, -0.15) is 0 Å². The number of ether oxygens (including phenoxy) is 2. The minimum atomic E-state index is -3.59. The number of methoxy groups -OCH3 is 1. The number of benzene rings is 1. The highest BCUT2D eigenvalue weighted by Crippen LogP contribution is 2.25. The molecule has 20 heavy (non-hydrogen) atoms. The van der Waals surface area contributed by atoms with Crippen molar-refractivity contribution < 1.29 is 17.9 Å². The first kappa shape index (κ1) is 15.1. The smallest absolute Gasteiger partial charge is 0.240 e. The third-order valence-electron chi connectivity index (χ3n) is 3.52. The minimum absolute atomic E-state index is 0.140. The standard InChI is InChI=1S/C13H20N2O4S/c1-9(10-5-6-19-8-10)15-20(16,17)11-3-4-13(18-2)12(14)7-11/h3-4,7,9-10,15H,5-6,8,14H2,1-2H3. The molecule has 2 unspecified atom stereocenters. The fourth-order valence-corrected chi connectivity index (χ4v) is 3.58. The third kappa shape index (κ3) is 3.23. The molecule has 1 aromatic rings. The van der Waals surface area contributed by atoms with Gasteiger partial charge in [-0.1, -0.05) is 0 Å². The van der Waals surface area contributed by atoms with Gasteiger partial charge in [0.2, 0.25) is 10.0 Å². The Morgan fingerprint density at radius 1 is 1.50 bits per heavy atom. The molecular formula is C13H20N2O4S. The number of nitrogen functional groups attached to an aromatic ring is 1. The van der Waals surface area contributed by atoms with Crippen LogP contribution in [0.3, 0.4) is 0 Å². The molecule has 3 N–H and O–H groups in total. The van der Waals surface area contributed by atoms with Crippen molar-refractivity contribution in [3.05, 3.63) is 18.2 Å². The number of anilines is 1. The first-order chi connectivity index (χ1) is 9.44. The van der Waals surface area contributed by atoms with E-state index in [4.69, 9.17) is 15.2 Å². The Labute approximate surface area is 119 Å². The van der Waals surface area contributed by atoms with E-state index in [1.807, 2.05) is 6.92 Å². The van der Waals surface area contributed by atoms with Crippen LogP contribution in [0.5, 0.6) is 5.75 Å². The highest BCUT2D eigenvalue weighted by atomic mass is 32.2. The predicted molar refractivity (Wildman–Crippen MR) is 76.1 cm³/mol. The molecule has 0 aliphatic carbocycles. The number of nitrogens with two attached hydrogens (primary N) is 1. The highest BCUT2D eigenvalue weighted by Gasteiger charge is 2.27. The summed E-state index contributed by atoms with van der Waals surface area (Å²) in [7, 11) is -2.10. The summed E-state index contributed by atoms with van der Waals surface area (Å²) in [5.74, 6) is 0.668. The summed E-state index contributed by atoms with van der Waals surface area (Å²) in [6, 6.07) is 4.26. The summed E-state index contributed by atoms with van der Waals surface area (Å²) >= 11 is 0. The lowest BCUT2D eigenvalue weighted by Crippen LogP contribution is -2.38. The molecule has 0 radical (unpaired) electrons. The van der Waals surface area contributed by atoms with Gasteiger partial charge in [-0.25, -0.2) is 13.1 Å². The molecule has 1 aromatic carbocycles. The first-order valence-electron chi connectivity index (χ1n) is 6.47. The molecular weight excluding hydrogens is 280 g/mol. The van der Waals surface area contributed by atoms with Crippen molar-refractivity contribution in [2.75, 3.05) is 26.1 Å². The topological polar surface area (TPSA) is 90.7 Å². The minimum Gasteiger partial charge on any atom is -0.495 e. The fourth-order valence-electron chi connectivity index (χ4n) is 2.24. The summed E-state index contributed by atoms with van der Waals surface area (Å²) in [4.78, 5) is 0.140. The Morgan fingerprint density at radius 2 is 2.25 bits per heavy atom. The van der Waals surface area contributed by atoms with Gasteiger partial charge in [-0.15, -0.1) is 0 Å². The summed E-state index contributed by atoms with van der Waals surface area (Å²) in [6.45, 7) is 3.13. The number of nitrogens with one attached hydrogen (secondary N) is 1. The predicted octanol–water partition coefficient (Wildman–Crippen LogP) is 0.981. The molecule has 6 nitrogen and oxygen atoms in total. The average Bonchev–Trinajstić information content (AvgIpc) is 2.92. The molecule has 112 valence electrons. The summed E-state index contributed by atoms with van der Waals surface area (Å²) < 4.78 is 37.6. The van der Waals surface area contributed by atoms with Crippen molar-refractivity contribution in [2.24, 2.45) is 5.92 Å². The van der Waals surface area contributed by atoms with Crippen LogP contribution in [0.2, 0.25) is 0 Å². The lowest BCUT2D eigenvalue weighted by atomic mass is 10.0. The molecule has 0 saturated carbocycles. The zero-order chi connectivity index (χ0) is 14.8. The summed E-state index contributed by atoms with van der Waals surface area (Å²) in [6.07, 6.45) is 0.869. The molecule has 7 heteroatoms. The second-order valence-electron chi connectivity index (χ2n) is 4.94. The van der Waals surface area contributed by atoms with Crippen LogP contribution in [0.4, 0.5) is 5.69 Å². The van der Waals surface area contributed by atoms with Crippen molar-refractivity contribution in [1.82, 2.24) is 4.72 Å². The zero-order valence-corrected chi connectivity index (χ0v) is 12.4. The van der Waals surface area contributed by atoms with Crippen molar-refractivity contribution in [1.29, 1.82) is 0 Å². The monoisotopic (exact) mass is 300 g/mol. The largest absolute Gasteiger partial charge is 0.495 e. The molecule has 1 aliphatic heterocycles. The van der Waals surface area contributed by atoms with E-state index in [9.17, 15) is 8.42 Å². The van der Waals surface area contributed by atoms with Crippen molar-refractivity contribution >= 4 is 15.7 Å². The maximum Gasteiger partial charge on any atom is 0.240 e. The van der Waals surface area contributed by atoms with Gasteiger partial charge < -0.3 is 15.2 Å². The Kier molecular flexibility index (Phi) is 4.52. The number of hydrogen-bond donors (Lipinski definition) is 2. The van der Waals surface area contributed by atoms with Crippen molar-refractivity contribution in [2.45, 2.75) is 24.3 Å². The Balaban J connectivity index is 2.15. The van der Waals surface area contributed by atoms with Crippen molar-refractivity contribution in [3.63, 3.8) is 0 Å². The van der Waals surface area contributed by atoms with Crippen LogP contribution in [-0.2, 0) is 14.8 Å². The van der Waals surface area contributed by atoms with Crippen LogP contribution in [-0.4, -0.2) is 34.8 Å². The van der Waals surface area contributed by atoms with Gasteiger partial charge in [0, 0.05) is 18.6 Å². The van der Waals surface area contributed by atoms with Crippen LogP contribution in [0.25, 0.3) is 0 Å². The van der Waals surface area contributed by atoms with E-state index in [1.165, 1.54) is 19.2 Å². The lowest BCUT2D eigenvalue weighted by Gasteiger charge is -2.19. The van der Waals surface area contributed by atoms with Crippen LogP contribution in [0.15, 0.2) is 23.1 Å². The molecule has 0 aromatic heterocycles. The Morgan fingerprint density at radius 3 is 2.80 bits per heavy atom. The maximum atomic E-state index is 12.3. The van der Waals surface area contributed by atoms with Crippen LogP contribution in [0, 0.1) is 5.92 Å². The van der Waals surface area contributed by atoms with E-state index < -0.39 is 10.0 Å². The SMILES string of the molecule is COc1ccc(S(=O)(=O)NC(C)C2CCOC2)cc1N. The number of rotatable bonds is 5. The van der Waals surface area contributed by atoms with Gasteiger partial charge in [0.05, 0.1) is 24.3 Å². The molecule has 1 aliphatic rings.